The summed E-state index contributed by atoms with van der Waals surface area (Å²) in [5.41, 5.74) is 0.819. The van der Waals surface area contributed by atoms with E-state index in [1.165, 1.54) is 25.3 Å². The predicted molar refractivity (Wildman–Crippen MR) is 93.2 cm³/mol. The molecule has 2 heterocycles. The predicted octanol–water partition coefficient (Wildman–Crippen LogP) is 1.73. The van der Waals surface area contributed by atoms with Crippen LogP contribution >= 0.6 is 0 Å². The maximum atomic E-state index is 11.4. The molecule has 24 heavy (non-hydrogen) atoms. The normalized spacial score (nSPS) is 15.3. The van der Waals surface area contributed by atoms with Crippen molar-refractivity contribution in [3.05, 3.63) is 42.2 Å². The molecule has 0 amide bonds. The van der Waals surface area contributed by atoms with Crippen LogP contribution in [-0.2, 0) is 16.6 Å². The molecule has 0 bridgehead atoms. The molecule has 0 saturated carbocycles. The minimum absolute atomic E-state index is 0.110. The third-order valence-electron chi connectivity index (χ3n) is 4.03. The van der Waals surface area contributed by atoms with Crippen molar-refractivity contribution in [2.24, 2.45) is 5.14 Å². The molecule has 128 valence electrons. The smallest absolute Gasteiger partial charge is 0.238 e. The van der Waals surface area contributed by atoms with E-state index in [4.69, 9.17) is 5.14 Å². The van der Waals surface area contributed by atoms with Gasteiger partial charge in [-0.2, -0.15) is 0 Å². The number of hydrogen-bond donors (Lipinski definition) is 2. The van der Waals surface area contributed by atoms with Gasteiger partial charge in [0.05, 0.1) is 4.90 Å². The number of benzene rings is 1. The van der Waals surface area contributed by atoms with Gasteiger partial charge in [-0.1, -0.05) is 12.1 Å². The Hall–Kier alpha value is -2.19. The van der Waals surface area contributed by atoms with E-state index in [0.717, 1.165) is 24.5 Å². The van der Waals surface area contributed by atoms with E-state index in [9.17, 15) is 8.42 Å². The van der Waals surface area contributed by atoms with E-state index < -0.39 is 10.0 Å². The third kappa shape index (κ3) is 4.21. The number of primary sulfonamides is 1. The summed E-state index contributed by atoms with van der Waals surface area (Å²) in [5.74, 6) is 1.64. The second-order valence-corrected chi connectivity index (χ2v) is 7.42. The lowest BCUT2D eigenvalue weighted by molar-refractivity contribution is 0.573. The zero-order valence-electron chi connectivity index (χ0n) is 13.4. The summed E-state index contributed by atoms with van der Waals surface area (Å²) in [5, 5.41) is 8.37. The molecular weight excluding hydrogens is 326 g/mol. The molecule has 3 rings (SSSR count). The van der Waals surface area contributed by atoms with Crippen LogP contribution in [0, 0.1) is 0 Å². The van der Waals surface area contributed by atoms with Gasteiger partial charge in [-0.15, -0.1) is 0 Å². The quantitative estimate of drug-likeness (QED) is 0.854. The molecule has 0 aliphatic carbocycles. The molecule has 0 radical (unpaired) electrons. The fourth-order valence-electron chi connectivity index (χ4n) is 2.76. The summed E-state index contributed by atoms with van der Waals surface area (Å²) in [6, 6.07) is 8.49. The van der Waals surface area contributed by atoms with Gasteiger partial charge >= 0.3 is 0 Å². The van der Waals surface area contributed by atoms with Crippen molar-refractivity contribution in [1.29, 1.82) is 0 Å². The fraction of sp³-hybridized carbons (Fsp3) is 0.375. The number of sulfonamides is 1. The highest BCUT2D eigenvalue weighted by atomic mass is 32.2. The molecule has 1 aromatic heterocycles. The van der Waals surface area contributed by atoms with E-state index >= 15 is 0 Å². The van der Waals surface area contributed by atoms with E-state index in [0.29, 0.717) is 12.4 Å². The molecule has 1 fully saturated rings. The average molecular weight is 347 g/mol. The Bertz CT molecular complexity index is 804. The number of nitrogens with two attached hydrogens (primary N) is 1. The standard InChI is InChI=1S/C16H21N5O2S/c17-24(22,23)14-6-4-5-13(9-14)11-18-15-10-16(20-12-19-15)21-7-2-1-3-8-21/h4-6,9-10,12H,1-3,7-8,11H2,(H2,17,22,23)(H,18,19,20). The Balaban J connectivity index is 1.68. The van der Waals surface area contributed by atoms with Gasteiger partial charge < -0.3 is 10.2 Å². The third-order valence-corrected chi connectivity index (χ3v) is 4.94. The summed E-state index contributed by atoms with van der Waals surface area (Å²) < 4.78 is 22.8. The van der Waals surface area contributed by atoms with Gasteiger partial charge in [0.2, 0.25) is 10.0 Å². The summed E-state index contributed by atoms with van der Waals surface area (Å²) in [7, 11) is -3.69. The molecule has 3 N–H and O–H groups in total. The van der Waals surface area contributed by atoms with Gasteiger partial charge in [-0.05, 0) is 37.0 Å². The van der Waals surface area contributed by atoms with E-state index in [-0.39, 0.29) is 4.90 Å². The molecule has 1 aliphatic heterocycles. The summed E-state index contributed by atoms with van der Waals surface area (Å²) in [6.07, 6.45) is 5.19. The highest BCUT2D eigenvalue weighted by Gasteiger charge is 2.13. The molecule has 0 spiro atoms. The van der Waals surface area contributed by atoms with Crippen LogP contribution in [0.25, 0.3) is 0 Å². The Morgan fingerprint density at radius 1 is 1.12 bits per heavy atom. The van der Waals surface area contributed by atoms with Crippen molar-refractivity contribution in [2.45, 2.75) is 30.7 Å². The van der Waals surface area contributed by atoms with Crippen molar-refractivity contribution < 1.29 is 8.42 Å². The molecule has 8 heteroatoms. The second kappa shape index (κ2) is 7.14. The zero-order valence-corrected chi connectivity index (χ0v) is 14.2. The lowest BCUT2D eigenvalue weighted by Gasteiger charge is -2.27. The van der Waals surface area contributed by atoms with E-state index in [1.54, 1.807) is 18.5 Å². The summed E-state index contributed by atoms with van der Waals surface area (Å²) in [6.45, 7) is 2.50. The first-order valence-corrected chi connectivity index (χ1v) is 9.49. The number of hydrogen-bond acceptors (Lipinski definition) is 6. The molecule has 7 nitrogen and oxygen atoms in total. The van der Waals surface area contributed by atoms with E-state index in [1.807, 2.05) is 12.1 Å². The molecule has 1 saturated heterocycles. The van der Waals surface area contributed by atoms with Gasteiger partial charge in [0.15, 0.2) is 0 Å². The molecule has 2 aromatic rings. The van der Waals surface area contributed by atoms with Gasteiger partial charge in [-0.3, -0.25) is 0 Å². The van der Waals surface area contributed by atoms with Crippen molar-refractivity contribution in [3.8, 4) is 0 Å². The Kier molecular flexibility index (Phi) is 4.96. The first kappa shape index (κ1) is 16.7. The molecule has 1 aliphatic rings. The zero-order chi connectivity index (χ0) is 17.0. The first-order chi connectivity index (χ1) is 11.5. The van der Waals surface area contributed by atoms with Crippen LogP contribution in [-0.4, -0.2) is 31.5 Å². The minimum atomic E-state index is -3.69. The lowest BCUT2D eigenvalue weighted by atomic mass is 10.1. The maximum absolute atomic E-state index is 11.4. The molecule has 1 aromatic carbocycles. The SMILES string of the molecule is NS(=O)(=O)c1cccc(CNc2cc(N3CCCCC3)ncn2)c1. The van der Waals surface area contributed by atoms with Gasteiger partial charge in [0, 0.05) is 25.7 Å². The Morgan fingerprint density at radius 2 is 1.92 bits per heavy atom. The van der Waals surface area contributed by atoms with Crippen LogP contribution in [0.5, 0.6) is 0 Å². The van der Waals surface area contributed by atoms with Crippen LogP contribution in [0.15, 0.2) is 41.6 Å². The summed E-state index contributed by atoms with van der Waals surface area (Å²) >= 11 is 0. The molecule has 0 unspecified atom stereocenters. The van der Waals surface area contributed by atoms with Crippen molar-refractivity contribution in [3.63, 3.8) is 0 Å². The van der Waals surface area contributed by atoms with Crippen molar-refractivity contribution in [1.82, 2.24) is 9.97 Å². The topological polar surface area (TPSA) is 101 Å². The number of aromatic nitrogens is 2. The number of piperidine rings is 1. The monoisotopic (exact) mass is 347 g/mol. The summed E-state index contributed by atoms with van der Waals surface area (Å²) in [4.78, 5) is 10.9. The van der Waals surface area contributed by atoms with Gasteiger partial charge in [0.25, 0.3) is 0 Å². The fourth-order valence-corrected chi connectivity index (χ4v) is 3.35. The number of anilines is 2. The number of nitrogens with zero attached hydrogens (tertiary/aromatic N) is 3. The molecule has 0 atom stereocenters. The maximum Gasteiger partial charge on any atom is 0.238 e. The Labute approximate surface area is 142 Å². The lowest BCUT2D eigenvalue weighted by Crippen LogP contribution is -2.30. The van der Waals surface area contributed by atoms with Crippen LogP contribution < -0.4 is 15.4 Å². The van der Waals surface area contributed by atoms with Crippen molar-refractivity contribution >= 4 is 21.7 Å². The highest BCUT2D eigenvalue weighted by Crippen LogP contribution is 2.19. The number of nitrogens with one attached hydrogen (secondary N) is 1. The largest absolute Gasteiger partial charge is 0.366 e. The van der Waals surface area contributed by atoms with E-state index in [2.05, 4.69) is 20.2 Å². The first-order valence-electron chi connectivity index (χ1n) is 7.95. The van der Waals surface area contributed by atoms with Crippen LogP contribution in [0.3, 0.4) is 0 Å². The van der Waals surface area contributed by atoms with Gasteiger partial charge in [-0.25, -0.2) is 23.5 Å². The van der Waals surface area contributed by atoms with Gasteiger partial charge in [0.1, 0.15) is 18.0 Å². The van der Waals surface area contributed by atoms with Crippen LogP contribution in [0.4, 0.5) is 11.6 Å². The second-order valence-electron chi connectivity index (χ2n) is 5.86. The average Bonchev–Trinajstić information content (AvgIpc) is 2.61. The van der Waals surface area contributed by atoms with Crippen LogP contribution in [0.1, 0.15) is 24.8 Å². The molecular formula is C16H21N5O2S. The highest BCUT2D eigenvalue weighted by molar-refractivity contribution is 7.89. The Morgan fingerprint density at radius 3 is 2.67 bits per heavy atom. The van der Waals surface area contributed by atoms with Crippen molar-refractivity contribution in [2.75, 3.05) is 23.3 Å². The van der Waals surface area contributed by atoms with Crippen LogP contribution in [0.2, 0.25) is 0 Å². The number of rotatable bonds is 5. The minimum Gasteiger partial charge on any atom is -0.366 e.